The second-order valence-electron chi connectivity index (χ2n) is 4.38. The molecule has 0 radical (unpaired) electrons. The molecular formula is C14H16N2O3S. The summed E-state index contributed by atoms with van der Waals surface area (Å²) in [6, 6.07) is 5.42. The van der Waals surface area contributed by atoms with Crippen molar-refractivity contribution in [3.8, 4) is 6.01 Å². The molecule has 2 rings (SSSR count). The Bertz CT molecular complexity index is 647. The number of ketones is 1. The Morgan fingerprint density at radius 2 is 2.30 bits per heavy atom. The number of carbonyl (C=O) groups excluding carboxylic acids is 1. The SMILES string of the molecule is COc1nc(C)cc(=O)n1CCCC(=O)c1cccs1. The molecule has 0 spiro atoms. The van der Waals surface area contributed by atoms with Gasteiger partial charge >= 0.3 is 0 Å². The first kappa shape index (κ1) is 14.5. The lowest BCUT2D eigenvalue weighted by Gasteiger charge is -2.10. The predicted molar refractivity (Wildman–Crippen MR) is 77.7 cm³/mol. The van der Waals surface area contributed by atoms with Crippen molar-refractivity contribution in [2.45, 2.75) is 26.3 Å². The van der Waals surface area contributed by atoms with Crippen LogP contribution in [0.1, 0.15) is 28.2 Å². The number of nitrogens with zero attached hydrogens (tertiary/aromatic N) is 2. The van der Waals surface area contributed by atoms with E-state index in [0.717, 1.165) is 4.88 Å². The van der Waals surface area contributed by atoms with Gasteiger partial charge in [0.1, 0.15) is 0 Å². The number of hydrogen-bond donors (Lipinski definition) is 0. The highest BCUT2D eigenvalue weighted by Crippen LogP contribution is 2.13. The summed E-state index contributed by atoms with van der Waals surface area (Å²) in [6.45, 7) is 2.17. The lowest BCUT2D eigenvalue weighted by molar-refractivity contribution is 0.0982. The summed E-state index contributed by atoms with van der Waals surface area (Å²) in [6.07, 6.45) is 0.988. The van der Waals surface area contributed by atoms with E-state index in [-0.39, 0.29) is 11.3 Å². The van der Waals surface area contributed by atoms with Crippen molar-refractivity contribution in [3.05, 3.63) is 44.5 Å². The van der Waals surface area contributed by atoms with E-state index in [1.165, 1.54) is 29.1 Å². The molecule has 0 aliphatic heterocycles. The van der Waals surface area contributed by atoms with Gasteiger partial charge in [-0.15, -0.1) is 11.3 Å². The molecule has 6 heteroatoms. The smallest absolute Gasteiger partial charge is 0.299 e. The molecule has 0 saturated carbocycles. The van der Waals surface area contributed by atoms with Gasteiger partial charge in [-0.05, 0) is 24.8 Å². The van der Waals surface area contributed by atoms with Crippen LogP contribution in [0.5, 0.6) is 6.01 Å². The van der Waals surface area contributed by atoms with Crippen molar-refractivity contribution in [2.24, 2.45) is 0 Å². The maximum absolute atomic E-state index is 11.9. The number of carbonyl (C=O) groups is 1. The molecule has 106 valence electrons. The number of aryl methyl sites for hydroxylation is 1. The maximum atomic E-state index is 11.9. The van der Waals surface area contributed by atoms with Crippen molar-refractivity contribution < 1.29 is 9.53 Å². The average molecular weight is 292 g/mol. The second-order valence-corrected chi connectivity index (χ2v) is 5.33. The Labute approximate surface area is 120 Å². The molecule has 2 aromatic heterocycles. The summed E-state index contributed by atoms with van der Waals surface area (Å²) < 4.78 is 6.56. The van der Waals surface area contributed by atoms with Crippen LogP contribution in [-0.2, 0) is 6.54 Å². The minimum atomic E-state index is -0.155. The van der Waals surface area contributed by atoms with Gasteiger partial charge < -0.3 is 4.74 Å². The van der Waals surface area contributed by atoms with Crippen LogP contribution < -0.4 is 10.3 Å². The van der Waals surface area contributed by atoms with E-state index < -0.39 is 0 Å². The second kappa shape index (κ2) is 6.47. The zero-order valence-corrected chi connectivity index (χ0v) is 12.3. The molecule has 0 aromatic carbocycles. The van der Waals surface area contributed by atoms with Gasteiger partial charge in [0, 0.05) is 24.7 Å². The van der Waals surface area contributed by atoms with Gasteiger partial charge in [-0.25, -0.2) is 4.98 Å². The third-order valence-corrected chi connectivity index (χ3v) is 3.78. The normalized spacial score (nSPS) is 10.5. The Morgan fingerprint density at radius 1 is 1.50 bits per heavy atom. The number of thiophene rings is 1. The highest BCUT2D eigenvalue weighted by atomic mass is 32.1. The van der Waals surface area contributed by atoms with Gasteiger partial charge in [0.05, 0.1) is 12.0 Å². The summed E-state index contributed by atoms with van der Waals surface area (Å²) in [5, 5.41) is 1.88. The van der Waals surface area contributed by atoms with Crippen molar-refractivity contribution in [1.82, 2.24) is 9.55 Å². The van der Waals surface area contributed by atoms with Gasteiger partial charge in [0.2, 0.25) is 0 Å². The molecule has 0 unspecified atom stereocenters. The molecule has 0 atom stereocenters. The van der Waals surface area contributed by atoms with E-state index in [2.05, 4.69) is 4.98 Å². The fourth-order valence-corrected chi connectivity index (χ4v) is 2.61. The zero-order valence-electron chi connectivity index (χ0n) is 11.5. The summed E-state index contributed by atoms with van der Waals surface area (Å²) in [4.78, 5) is 28.7. The number of rotatable bonds is 6. The Kier molecular flexibility index (Phi) is 4.68. The van der Waals surface area contributed by atoms with Crippen LogP contribution in [0.4, 0.5) is 0 Å². The van der Waals surface area contributed by atoms with E-state index >= 15 is 0 Å². The number of ether oxygens (including phenoxy) is 1. The average Bonchev–Trinajstić information content (AvgIpc) is 2.94. The van der Waals surface area contributed by atoms with Gasteiger partial charge in [-0.2, -0.15) is 0 Å². The minimum Gasteiger partial charge on any atom is -0.468 e. The molecule has 20 heavy (non-hydrogen) atoms. The van der Waals surface area contributed by atoms with Gasteiger partial charge in [0.15, 0.2) is 5.78 Å². The fraction of sp³-hybridized carbons (Fsp3) is 0.357. The molecule has 0 amide bonds. The molecule has 0 aliphatic rings. The van der Waals surface area contributed by atoms with Crippen LogP contribution in [0.3, 0.4) is 0 Å². The molecule has 0 saturated heterocycles. The predicted octanol–water partition coefficient (Wildman–Crippen LogP) is 2.28. The fourth-order valence-electron chi connectivity index (χ4n) is 1.91. The van der Waals surface area contributed by atoms with Gasteiger partial charge in [-0.3, -0.25) is 14.2 Å². The maximum Gasteiger partial charge on any atom is 0.299 e. The first-order valence-electron chi connectivity index (χ1n) is 6.31. The summed E-state index contributed by atoms with van der Waals surface area (Å²) >= 11 is 1.43. The molecular weight excluding hydrogens is 276 g/mol. The highest BCUT2D eigenvalue weighted by Gasteiger charge is 2.10. The van der Waals surface area contributed by atoms with Gasteiger partial charge in [0.25, 0.3) is 11.6 Å². The zero-order chi connectivity index (χ0) is 14.5. The number of Topliss-reactive ketones (excluding diaryl/α,β-unsaturated/α-hetero) is 1. The first-order chi connectivity index (χ1) is 9.61. The van der Waals surface area contributed by atoms with Crippen molar-refractivity contribution >= 4 is 17.1 Å². The summed E-state index contributed by atoms with van der Waals surface area (Å²) in [7, 11) is 1.48. The van der Waals surface area contributed by atoms with Crippen LogP contribution in [0.25, 0.3) is 0 Å². The van der Waals surface area contributed by atoms with Crippen LogP contribution in [0.15, 0.2) is 28.4 Å². The van der Waals surface area contributed by atoms with Crippen LogP contribution in [-0.4, -0.2) is 22.4 Å². The number of methoxy groups -OCH3 is 1. The number of hydrogen-bond acceptors (Lipinski definition) is 5. The molecule has 0 fully saturated rings. The van der Waals surface area contributed by atoms with Crippen LogP contribution >= 0.6 is 11.3 Å². The molecule has 2 aromatic rings. The molecule has 0 N–H and O–H groups in total. The highest BCUT2D eigenvalue weighted by molar-refractivity contribution is 7.12. The van der Waals surface area contributed by atoms with E-state index in [4.69, 9.17) is 4.74 Å². The molecule has 0 aliphatic carbocycles. The molecule has 5 nitrogen and oxygen atoms in total. The largest absolute Gasteiger partial charge is 0.468 e. The molecule has 2 heterocycles. The van der Waals surface area contributed by atoms with Crippen molar-refractivity contribution in [1.29, 1.82) is 0 Å². The third-order valence-electron chi connectivity index (χ3n) is 2.87. The lowest BCUT2D eigenvalue weighted by atomic mass is 10.2. The van der Waals surface area contributed by atoms with Crippen LogP contribution in [0.2, 0.25) is 0 Å². The van der Waals surface area contributed by atoms with Gasteiger partial charge in [-0.1, -0.05) is 6.07 Å². The summed E-state index contributed by atoms with van der Waals surface area (Å²) in [5.74, 6) is 0.104. The lowest BCUT2D eigenvalue weighted by Crippen LogP contribution is -2.23. The van der Waals surface area contributed by atoms with E-state index in [1.807, 2.05) is 17.5 Å². The first-order valence-corrected chi connectivity index (χ1v) is 7.19. The van der Waals surface area contributed by atoms with Crippen molar-refractivity contribution in [2.75, 3.05) is 7.11 Å². The Balaban J connectivity index is 2.01. The number of aromatic nitrogens is 2. The monoisotopic (exact) mass is 292 g/mol. The standard InChI is InChI=1S/C14H16N2O3S/c1-10-9-13(18)16(14(15-10)19-2)7-3-5-11(17)12-6-4-8-20-12/h4,6,8-9H,3,5,7H2,1-2H3. The minimum absolute atomic E-state index is 0.104. The van der Waals surface area contributed by atoms with E-state index in [1.54, 1.807) is 6.92 Å². The third kappa shape index (κ3) is 3.33. The van der Waals surface area contributed by atoms with Crippen LogP contribution in [0, 0.1) is 6.92 Å². The molecule has 0 bridgehead atoms. The van der Waals surface area contributed by atoms with E-state index in [9.17, 15) is 9.59 Å². The quantitative estimate of drug-likeness (QED) is 0.766. The summed E-state index contributed by atoms with van der Waals surface area (Å²) in [5.41, 5.74) is 0.468. The Hall–Kier alpha value is -1.95. The Morgan fingerprint density at radius 3 is 2.95 bits per heavy atom. The topological polar surface area (TPSA) is 61.2 Å². The van der Waals surface area contributed by atoms with Crippen molar-refractivity contribution in [3.63, 3.8) is 0 Å². The van der Waals surface area contributed by atoms with E-state index in [0.29, 0.717) is 31.1 Å².